The first kappa shape index (κ1) is 11.7. The van der Waals surface area contributed by atoms with Crippen molar-refractivity contribution in [3.63, 3.8) is 0 Å². The van der Waals surface area contributed by atoms with Crippen LogP contribution in [-0.2, 0) is 0 Å². The van der Waals surface area contributed by atoms with Gasteiger partial charge in [-0.3, -0.25) is 0 Å². The van der Waals surface area contributed by atoms with Gasteiger partial charge in [-0.25, -0.2) is 4.98 Å². The zero-order chi connectivity index (χ0) is 10.6. The van der Waals surface area contributed by atoms with Crippen molar-refractivity contribution >= 4 is 11.3 Å². The van der Waals surface area contributed by atoms with E-state index in [0.29, 0.717) is 12.1 Å². The highest BCUT2D eigenvalue weighted by atomic mass is 32.1. The largest absolute Gasteiger partial charge is 0.305 e. The zero-order valence-corrected chi connectivity index (χ0v) is 10.3. The average Bonchev–Trinajstić information content (AvgIpc) is 2.60. The average molecular weight is 212 g/mol. The van der Waals surface area contributed by atoms with Gasteiger partial charge >= 0.3 is 0 Å². The Labute approximate surface area is 90.8 Å². The van der Waals surface area contributed by atoms with Crippen molar-refractivity contribution < 1.29 is 0 Å². The quantitative estimate of drug-likeness (QED) is 0.810. The zero-order valence-electron chi connectivity index (χ0n) is 9.50. The summed E-state index contributed by atoms with van der Waals surface area (Å²) < 4.78 is 0. The Hall–Kier alpha value is -0.410. The molecular formula is C11H20N2S. The summed E-state index contributed by atoms with van der Waals surface area (Å²) in [5.41, 5.74) is 0. The predicted octanol–water partition coefficient (Wildman–Crippen LogP) is 3.29. The molecule has 2 unspecified atom stereocenters. The van der Waals surface area contributed by atoms with E-state index in [9.17, 15) is 0 Å². The fourth-order valence-corrected chi connectivity index (χ4v) is 2.28. The molecule has 0 spiro atoms. The van der Waals surface area contributed by atoms with Crippen LogP contribution in [0.5, 0.6) is 0 Å². The first-order chi connectivity index (χ1) is 6.67. The monoisotopic (exact) mass is 212 g/mol. The maximum atomic E-state index is 4.43. The molecule has 1 heterocycles. The van der Waals surface area contributed by atoms with E-state index in [1.165, 1.54) is 16.3 Å². The lowest BCUT2D eigenvalue weighted by Gasteiger charge is -2.19. The highest BCUT2D eigenvalue weighted by Crippen LogP contribution is 2.22. The minimum atomic E-state index is 0.434. The van der Waals surface area contributed by atoms with Crippen LogP contribution >= 0.6 is 11.3 Å². The van der Waals surface area contributed by atoms with Crippen LogP contribution in [0, 0.1) is 6.92 Å². The first-order valence-electron chi connectivity index (χ1n) is 5.35. The van der Waals surface area contributed by atoms with Crippen molar-refractivity contribution in [3.8, 4) is 0 Å². The second-order valence-corrected chi connectivity index (χ2v) is 5.01. The van der Waals surface area contributed by atoms with Gasteiger partial charge in [-0.1, -0.05) is 13.8 Å². The van der Waals surface area contributed by atoms with Gasteiger partial charge in [0.05, 0.1) is 6.04 Å². The van der Waals surface area contributed by atoms with Crippen LogP contribution in [0.2, 0.25) is 0 Å². The van der Waals surface area contributed by atoms with Gasteiger partial charge in [-0.05, 0) is 26.7 Å². The molecule has 1 aromatic rings. The van der Waals surface area contributed by atoms with Crippen molar-refractivity contribution in [2.45, 2.75) is 52.6 Å². The molecule has 1 rings (SSSR count). The second kappa shape index (κ2) is 5.47. The highest BCUT2D eigenvalue weighted by Gasteiger charge is 2.14. The molecule has 2 atom stereocenters. The molecule has 0 aliphatic heterocycles. The van der Waals surface area contributed by atoms with E-state index in [0.717, 1.165) is 6.42 Å². The Morgan fingerprint density at radius 1 is 1.43 bits per heavy atom. The van der Waals surface area contributed by atoms with Crippen molar-refractivity contribution in [1.82, 2.24) is 10.3 Å². The molecule has 2 nitrogen and oxygen atoms in total. The third-order valence-electron chi connectivity index (χ3n) is 2.44. The Kier molecular flexibility index (Phi) is 4.55. The van der Waals surface area contributed by atoms with E-state index in [2.05, 4.69) is 38.0 Å². The lowest BCUT2D eigenvalue weighted by molar-refractivity contribution is 0.436. The molecule has 1 aromatic heterocycles. The molecule has 14 heavy (non-hydrogen) atoms. The van der Waals surface area contributed by atoms with Gasteiger partial charge in [0.2, 0.25) is 0 Å². The number of hydrogen-bond acceptors (Lipinski definition) is 3. The number of thiazole rings is 1. The molecule has 0 saturated carbocycles. The maximum absolute atomic E-state index is 4.43. The van der Waals surface area contributed by atoms with Gasteiger partial charge < -0.3 is 5.32 Å². The van der Waals surface area contributed by atoms with E-state index in [1.807, 2.05) is 6.20 Å². The molecule has 0 aliphatic carbocycles. The minimum Gasteiger partial charge on any atom is -0.305 e. The van der Waals surface area contributed by atoms with Crippen LogP contribution in [0.25, 0.3) is 0 Å². The fourth-order valence-electron chi connectivity index (χ4n) is 1.36. The van der Waals surface area contributed by atoms with Crippen molar-refractivity contribution in [2.24, 2.45) is 0 Å². The summed E-state index contributed by atoms with van der Waals surface area (Å²) in [6.07, 6.45) is 4.24. The molecule has 0 radical (unpaired) electrons. The van der Waals surface area contributed by atoms with E-state index in [-0.39, 0.29) is 0 Å². The van der Waals surface area contributed by atoms with Crippen LogP contribution in [0.1, 0.15) is 49.5 Å². The normalized spacial score (nSPS) is 15.4. The van der Waals surface area contributed by atoms with E-state index in [4.69, 9.17) is 0 Å². The summed E-state index contributed by atoms with van der Waals surface area (Å²) in [6.45, 7) is 8.74. The number of aryl methyl sites for hydroxylation is 1. The van der Waals surface area contributed by atoms with Crippen molar-refractivity contribution in [2.75, 3.05) is 0 Å². The standard InChI is InChI=1S/C11H20N2S/c1-5-8(3)13-10(6-2)11-12-7-9(4)14-11/h7-8,10,13H,5-6H2,1-4H3. The number of nitrogens with one attached hydrogen (secondary N) is 1. The number of aromatic nitrogens is 1. The molecule has 3 heteroatoms. The van der Waals surface area contributed by atoms with Crippen LogP contribution in [-0.4, -0.2) is 11.0 Å². The SMILES string of the molecule is CCC(C)NC(CC)c1ncc(C)s1. The fraction of sp³-hybridized carbons (Fsp3) is 0.727. The summed E-state index contributed by atoms with van der Waals surface area (Å²) in [6, 6.07) is 1.01. The molecule has 0 aromatic carbocycles. The van der Waals surface area contributed by atoms with E-state index < -0.39 is 0 Å². The second-order valence-electron chi connectivity index (χ2n) is 3.75. The summed E-state index contributed by atoms with van der Waals surface area (Å²) in [5.74, 6) is 0. The summed E-state index contributed by atoms with van der Waals surface area (Å²) in [4.78, 5) is 5.73. The predicted molar refractivity (Wildman–Crippen MR) is 62.8 cm³/mol. The molecular weight excluding hydrogens is 192 g/mol. The lowest BCUT2D eigenvalue weighted by Crippen LogP contribution is -2.29. The molecule has 0 fully saturated rings. The van der Waals surface area contributed by atoms with Crippen LogP contribution in [0.4, 0.5) is 0 Å². The Bertz CT molecular complexity index is 270. The smallest absolute Gasteiger partial charge is 0.110 e. The summed E-state index contributed by atoms with van der Waals surface area (Å²) >= 11 is 1.80. The molecule has 0 saturated heterocycles. The van der Waals surface area contributed by atoms with Crippen LogP contribution in [0.3, 0.4) is 0 Å². The van der Waals surface area contributed by atoms with Gasteiger partial charge in [0.25, 0.3) is 0 Å². The molecule has 0 amide bonds. The van der Waals surface area contributed by atoms with Crippen molar-refractivity contribution in [1.29, 1.82) is 0 Å². The van der Waals surface area contributed by atoms with Gasteiger partial charge in [0.15, 0.2) is 0 Å². The molecule has 80 valence electrons. The number of hydrogen-bond donors (Lipinski definition) is 1. The van der Waals surface area contributed by atoms with Crippen LogP contribution in [0.15, 0.2) is 6.20 Å². The van der Waals surface area contributed by atoms with Crippen molar-refractivity contribution in [3.05, 3.63) is 16.1 Å². The number of nitrogens with zero attached hydrogens (tertiary/aromatic N) is 1. The Morgan fingerprint density at radius 2 is 2.14 bits per heavy atom. The van der Waals surface area contributed by atoms with E-state index in [1.54, 1.807) is 11.3 Å². The first-order valence-corrected chi connectivity index (χ1v) is 6.17. The van der Waals surface area contributed by atoms with Crippen LogP contribution < -0.4 is 5.32 Å². The minimum absolute atomic E-state index is 0.434. The third kappa shape index (κ3) is 3.07. The topological polar surface area (TPSA) is 24.9 Å². The van der Waals surface area contributed by atoms with Gasteiger partial charge in [0.1, 0.15) is 5.01 Å². The lowest BCUT2D eigenvalue weighted by atomic mass is 10.2. The van der Waals surface area contributed by atoms with E-state index >= 15 is 0 Å². The number of rotatable bonds is 5. The highest BCUT2D eigenvalue weighted by molar-refractivity contribution is 7.11. The Balaban J connectivity index is 2.62. The molecule has 1 N–H and O–H groups in total. The molecule has 0 bridgehead atoms. The van der Waals surface area contributed by atoms with Gasteiger partial charge in [-0.15, -0.1) is 11.3 Å². The van der Waals surface area contributed by atoms with Gasteiger partial charge in [0, 0.05) is 17.1 Å². The third-order valence-corrected chi connectivity index (χ3v) is 3.47. The maximum Gasteiger partial charge on any atom is 0.110 e. The van der Waals surface area contributed by atoms with Gasteiger partial charge in [-0.2, -0.15) is 0 Å². The Morgan fingerprint density at radius 3 is 2.57 bits per heavy atom. The summed E-state index contributed by atoms with van der Waals surface area (Å²) in [5, 5.41) is 4.82. The molecule has 0 aliphatic rings. The summed E-state index contributed by atoms with van der Waals surface area (Å²) in [7, 11) is 0.